The number of nitrogens with zero attached hydrogens (tertiary/aromatic N) is 3. The first-order chi connectivity index (χ1) is 11.8. The Morgan fingerprint density at radius 3 is 2.84 bits per heavy atom. The maximum Gasteiger partial charge on any atom is 0.345 e. The van der Waals surface area contributed by atoms with Crippen molar-refractivity contribution < 1.29 is 22.2 Å². The lowest BCUT2D eigenvalue weighted by Gasteiger charge is -2.22. The molecule has 2 aliphatic heterocycles. The lowest BCUT2D eigenvalue weighted by Crippen LogP contribution is -2.31. The fourth-order valence-corrected chi connectivity index (χ4v) is 4.47. The van der Waals surface area contributed by atoms with Gasteiger partial charge in [-0.2, -0.15) is 13.5 Å². The molecule has 0 aromatic carbocycles. The lowest BCUT2D eigenvalue weighted by molar-refractivity contribution is -0.118. The summed E-state index contributed by atoms with van der Waals surface area (Å²) in [4.78, 5) is 32.4. The van der Waals surface area contributed by atoms with E-state index < -0.39 is 10.1 Å². The van der Waals surface area contributed by atoms with Crippen LogP contribution in [0.1, 0.15) is 23.0 Å². The van der Waals surface area contributed by atoms with E-state index >= 15 is 0 Å². The van der Waals surface area contributed by atoms with Crippen molar-refractivity contribution in [1.82, 2.24) is 14.5 Å². The highest BCUT2D eigenvalue weighted by Crippen LogP contribution is 2.39. The van der Waals surface area contributed by atoms with Gasteiger partial charge in [0, 0.05) is 6.54 Å². The van der Waals surface area contributed by atoms with Crippen LogP contribution in [0.25, 0.3) is 0 Å². The molecule has 0 aliphatic carbocycles. The van der Waals surface area contributed by atoms with Crippen LogP contribution in [0.4, 0.5) is 4.79 Å². The molecule has 1 saturated heterocycles. The van der Waals surface area contributed by atoms with Crippen LogP contribution in [0.15, 0.2) is 17.4 Å². The molecule has 3 heterocycles. The summed E-state index contributed by atoms with van der Waals surface area (Å²) < 4.78 is 28.3. The van der Waals surface area contributed by atoms with Crippen LogP contribution in [0, 0.1) is 0 Å². The average molecular weight is 389 g/mol. The molecule has 2 bridgehead atoms. The molecule has 1 unspecified atom stereocenters. The Morgan fingerprint density at radius 1 is 1.40 bits per heavy atom. The number of hydrogen-bond donors (Lipinski definition) is 0. The molecule has 0 radical (unpaired) electrons. The molecule has 1 atom stereocenters. The molecule has 3 rings (SSSR count). The Morgan fingerprint density at radius 2 is 2.16 bits per heavy atom. The number of thiazole rings is 1. The maximum atomic E-state index is 12.3. The molecule has 0 N–H and O–H groups in total. The molecular weight excluding hydrogens is 370 g/mol. The van der Waals surface area contributed by atoms with E-state index in [-0.39, 0.29) is 30.2 Å². The number of rotatable bonds is 8. The minimum Gasteiger partial charge on any atom is -0.314 e. The predicted molar refractivity (Wildman–Crippen MR) is 90.5 cm³/mol. The minimum absolute atomic E-state index is 0.0105. The third-order valence-corrected chi connectivity index (χ3v) is 5.68. The topological polar surface area (TPSA) is 98.2 Å². The zero-order valence-corrected chi connectivity index (χ0v) is 15.3. The molecule has 11 heteroatoms. The zero-order valence-electron chi connectivity index (χ0n) is 13.7. The van der Waals surface area contributed by atoms with E-state index in [4.69, 9.17) is 9.02 Å². The van der Waals surface area contributed by atoms with Crippen LogP contribution in [0.2, 0.25) is 0 Å². The Balaban J connectivity index is 1.77. The van der Waals surface area contributed by atoms with Crippen molar-refractivity contribution in [2.45, 2.75) is 25.6 Å². The molecule has 0 saturated carbocycles. The summed E-state index contributed by atoms with van der Waals surface area (Å²) >= 11 is 1.10. The molecule has 2 aliphatic rings. The zero-order chi connectivity index (χ0) is 18.2. The lowest BCUT2D eigenvalue weighted by atomic mass is 10.1. The standard InChI is InChI=1S/C14H19N3O6S2/c1-3-6-22-17-11-9-15(13(17)18)8-10-12(11)24-14(19)16(10)5-4-7-23-25(2,20)21/h3,11H,1,4-9H2,2H3. The molecule has 1 aromatic rings. The van der Waals surface area contributed by atoms with Gasteiger partial charge in [-0.25, -0.2) is 4.79 Å². The van der Waals surface area contributed by atoms with Crippen molar-refractivity contribution >= 4 is 27.5 Å². The number of urea groups is 1. The first-order valence-corrected chi connectivity index (χ1v) is 10.3. The first kappa shape index (κ1) is 18.1. The Kier molecular flexibility index (Phi) is 5.00. The number of amides is 2. The van der Waals surface area contributed by atoms with E-state index in [2.05, 4.69) is 6.58 Å². The van der Waals surface area contributed by atoms with Crippen LogP contribution < -0.4 is 4.87 Å². The van der Waals surface area contributed by atoms with Crippen molar-refractivity contribution in [2.75, 3.05) is 26.0 Å². The third kappa shape index (κ3) is 3.64. The van der Waals surface area contributed by atoms with Gasteiger partial charge in [0.25, 0.3) is 10.1 Å². The normalized spacial score (nSPS) is 19.4. The van der Waals surface area contributed by atoms with E-state index in [1.54, 1.807) is 15.5 Å². The smallest absolute Gasteiger partial charge is 0.314 e. The highest BCUT2D eigenvalue weighted by Gasteiger charge is 2.46. The predicted octanol–water partition coefficient (Wildman–Crippen LogP) is 0.686. The van der Waals surface area contributed by atoms with Gasteiger partial charge < -0.3 is 9.47 Å². The highest BCUT2D eigenvalue weighted by molar-refractivity contribution is 7.85. The van der Waals surface area contributed by atoms with Gasteiger partial charge in [0.05, 0.1) is 43.1 Å². The molecule has 25 heavy (non-hydrogen) atoms. The molecule has 9 nitrogen and oxygen atoms in total. The molecule has 2 amide bonds. The summed E-state index contributed by atoms with van der Waals surface area (Å²) in [5.74, 6) is 0. The van der Waals surface area contributed by atoms with Gasteiger partial charge in [-0.1, -0.05) is 17.4 Å². The second kappa shape index (κ2) is 6.90. The van der Waals surface area contributed by atoms with Crippen molar-refractivity contribution in [3.05, 3.63) is 32.9 Å². The van der Waals surface area contributed by atoms with Gasteiger partial charge in [0.2, 0.25) is 0 Å². The Bertz CT molecular complexity index is 843. The number of hydrogen-bond acceptors (Lipinski definition) is 7. The van der Waals surface area contributed by atoms with E-state index in [0.717, 1.165) is 28.2 Å². The average Bonchev–Trinajstić information content (AvgIpc) is 2.98. The van der Waals surface area contributed by atoms with Crippen LogP contribution in [0.3, 0.4) is 0 Å². The fraction of sp³-hybridized carbons (Fsp3) is 0.571. The van der Waals surface area contributed by atoms with Gasteiger partial charge in [-0.15, -0.1) is 6.58 Å². The van der Waals surface area contributed by atoms with Crippen molar-refractivity contribution in [3.8, 4) is 0 Å². The maximum absolute atomic E-state index is 12.3. The minimum atomic E-state index is -3.49. The molecule has 138 valence electrons. The van der Waals surface area contributed by atoms with E-state index in [0.29, 0.717) is 26.1 Å². The summed E-state index contributed by atoms with van der Waals surface area (Å²) in [6.07, 6.45) is 2.92. The first-order valence-electron chi connectivity index (χ1n) is 7.70. The van der Waals surface area contributed by atoms with Gasteiger partial charge in [0.1, 0.15) is 6.04 Å². The van der Waals surface area contributed by atoms with E-state index in [1.807, 2.05) is 0 Å². The number of aromatic nitrogens is 1. The molecule has 0 spiro atoms. The summed E-state index contributed by atoms with van der Waals surface area (Å²) in [6, 6.07) is -0.530. The number of hydroxylamine groups is 2. The largest absolute Gasteiger partial charge is 0.345 e. The van der Waals surface area contributed by atoms with Crippen LogP contribution in [-0.4, -0.2) is 55.0 Å². The van der Waals surface area contributed by atoms with Gasteiger partial charge >= 0.3 is 10.9 Å². The van der Waals surface area contributed by atoms with Gasteiger partial charge in [0.15, 0.2) is 0 Å². The van der Waals surface area contributed by atoms with Gasteiger partial charge in [-0.05, 0) is 6.42 Å². The highest BCUT2D eigenvalue weighted by atomic mass is 32.2. The third-order valence-electron chi connectivity index (χ3n) is 3.96. The molecule has 1 fully saturated rings. The van der Waals surface area contributed by atoms with Crippen LogP contribution in [0.5, 0.6) is 0 Å². The summed E-state index contributed by atoms with van der Waals surface area (Å²) in [5, 5.41) is 1.31. The number of fused-ring (bicyclic) bond motifs is 4. The summed E-state index contributed by atoms with van der Waals surface area (Å²) in [7, 11) is -3.49. The Hall–Kier alpha value is -1.69. The quantitative estimate of drug-likeness (QED) is 0.368. The summed E-state index contributed by atoms with van der Waals surface area (Å²) in [6.45, 7) is 4.95. The van der Waals surface area contributed by atoms with Gasteiger partial charge in [-0.3, -0.25) is 13.8 Å². The van der Waals surface area contributed by atoms with E-state index in [1.165, 1.54) is 5.06 Å². The second-order valence-corrected chi connectivity index (χ2v) is 8.44. The van der Waals surface area contributed by atoms with E-state index in [9.17, 15) is 18.0 Å². The van der Waals surface area contributed by atoms with Crippen LogP contribution >= 0.6 is 11.3 Å². The van der Waals surface area contributed by atoms with Crippen molar-refractivity contribution in [3.63, 3.8) is 0 Å². The van der Waals surface area contributed by atoms with Crippen molar-refractivity contribution in [2.24, 2.45) is 0 Å². The Labute approximate surface area is 149 Å². The summed E-state index contributed by atoms with van der Waals surface area (Å²) in [5.41, 5.74) is 0.781. The molecule has 1 aromatic heterocycles. The van der Waals surface area contributed by atoms with Crippen molar-refractivity contribution in [1.29, 1.82) is 0 Å². The fourth-order valence-electron chi connectivity index (χ4n) is 2.95. The van der Waals surface area contributed by atoms with Crippen LogP contribution in [-0.2, 0) is 32.2 Å². The molecular formula is C14H19N3O6S2. The SMILES string of the molecule is C=CCON1C(=O)N2Cc3c(sc(=O)n3CCCOS(C)(=O)=O)C1C2. The number of carbonyl (C=O) groups excluding carboxylic acids is 1. The number of carbonyl (C=O) groups is 1. The monoisotopic (exact) mass is 389 g/mol. The second-order valence-electron chi connectivity index (χ2n) is 5.80.